The van der Waals surface area contributed by atoms with Gasteiger partial charge in [-0.05, 0) is 19.3 Å². The summed E-state index contributed by atoms with van der Waals surface area (Å²) in [7, 11) is -5.11. The Hall–Kier alpha value is -1.20. The van der Waals surface area contributed by atoms with Crippen LogP contribution < -0.4 is 5.32 Å². The van der Waals surface area contributed by atoms with E-state index >= 15 is 0 Å². The highest BCUT2D eigenvalue weighted by Gasteiger charge is 2.48. The first-order chi connectivity index (χ1) is 28.9. The van der Waals surface area contributed by atoms with Crippen LogP contribution in [0, 0.1) is 0 Å². The van der Waals surface area contributed by atoms with Crippen molar-refractivity contribution in [3.05, 3.63) is 12.2 Å². The van der Waals surface area contributed by atoms with E-state index in [1.54, 1.807) is 0 Å². The molecular weight excluding hydrogens is 791 g/mol. The Labute approximate surface area is 364 Å². The van der Waals surface area contributed by atoms with Gasteiger partial charge < -0.3 is 40.3 Å². The van der Waals surface area contributed by atoms with Gasteiger partial charge in [0, 0.05) is 0 Å². The third-order valence-electron chi connectivity index (χ3n) is 11.7. The van der Waals surface area contributed by atoms with Crippen LogP contribution in [0.1, 0.15) is 213 Å². The van der Waals surface area contributed by atoms with Gasteiger partial charge in [-0.3, -0.25) is 9.35 Å². The van der Waals surface area contributed by atoms with Gasteiger partial charge in [-0.25, -0.2) is 4.18 Å². The fourth-order valence-electron chi connectivity index (χ4n) is 7.81. The number of nitrogens with one attached hydrogen (secondary N) is 1. The van der Waals surface area contributed by atoms with Crippen LogP contribution in [0.25, 0.3) is 0 Å². The van der Waals surface area contributed by atoms with Gasteiger partial charge in [-0.1, -0.05) is 206 Å². The zero-order chi connectivity index (χ0) is 44.3. The van der Waals surface area contributed by atoms with E-state index in [4.69, 9.17) is 9.47 Å². The minimum atomic E-state index is -5.11. The highest BCUT2D eigenvalue weighted by Crippen LogP contribution is 2.26. The number of allylic oxidation sites excluding steroid dienone is 1. The van der Waals surface area contributed by atoms with Gasteiger partial charge in [0.1, 0.15) is 30.5 Å². The molecule has 1 rings (SSSR count). The van der Waals surface area contributed by atoms with Crippen LogP contribution in [-0.2, 0) is 28.9 Å². The number of carbonyl (C=O) groups excluding carboxylic acids is 1. The second-order valence-electron chi connectivity index (χ2n) is 17.2. The van der Waals surface area contributed by atoms with Crippen molar-refractivity contribution < 1.29 is 57.0 Å². The van der Waals surface area contributed by atoms with E-state index in [0.29, 0.717) is 12.8 Å². The molecule has 7 N–H and O–H groups in total. The van der Waals surface area contributed by atoms with E-state index in [1.165, 1.54) is 147 Å². The Morgan fingerprint density at radius 2 is 1.08 bits per heavy atom. The van der Waals surface area contributed by atoms with E-state index in [2.05, 4.69) is 23.3 Å². The Kier molecular flexibility index (Phi) is 35.2. The van der Waals surface area contributed by atoms with Crippen LogP contribution in [0.2, 0.25) is 0 Å². The first-order valence-corrected chi connectivity index (χ1v) is 25.5. The van der Waals surface area contributed by atoms with E-state index in [-0.39, 0.29) is 6.42 Å². The molecule has 0 aromatic carbocycles. The van der Waals surface area contributed by atoms with E-state index in [9.17, 15) is 43.3 Å². The summed E-state index contributed by atoms with van der Waals surface area (Å²) >= 11 is 0. The lowest BCUT2D eigenvalue weighted by Crippen LogP contribution is -2.61. The summed E-state index contributed by atoms with van der Waals surface area (Å²) in [5.74, 6) is -0.699. The van der Waals surface area contributed by atoms with E-state index < -0.39 is 78.5 Å². The Morgan fingerprint density at radius 3 is 1.50 bits per heavy atom. The van der Waals surface area contributed by atoms with Crippen LogP contribution >= 0.6 is 0 Å². The van der Waals surface area contributed by atoms with Gasteiger partial charge in [0.2, 0.25) is 5.91 Å². The molecule has 0 aliphatic carbocycles. The lowest BCUT2D eigenvalue weighted by molar-refractivity contribution is -0.298. The maximum atomic E-state index is 13.1. The summed E-state index contributed by atoms with van der Waals surface area (Å²) in [6.07, 6.45) is 28.6. The highest BCUT2D eigenvalue weighted by atomic mass is 32.3. The van der Waals surface area contributed by atoms with Crippen molar-refractivity contribution in [2.24, 2.45) is 0 Å². The molecule has 0 radical (unpaired) electrons. The minimum absolute atomic E-state index is 0.248. The lowest BCUT2D eigenvalue weighted by Gasteiger charge is -2.41. The second kappa shape index (κ2) is 37.2. The van der Waals surface area contributed by atoms with Gasteiger partial charge >= 0.3 is 10.4 Å². The lowest BCUT2D eigenvalue weighted by atomic mass is 9.99. The van der Waals surface area contributed by atoms with Crippen LogP contribution in [0.5, 0.6) is 0 Å². The predicted octanol–water partition coefficient (Wildman–Crippen LogP) is 8.53. The highest BCUT2D eigenvalue weighted by molar-refractivity contribution is 7.80. The Morgan fingerprint density at radius 1 is 0.667 bits per heavy atom. The molecule has 1 amide bonds. The number of unbranched alkanes of at least 4 members (excludes halogenated alkanes) is 28. The second-order valence-corrected chi connectivity index (χ2v) is 18.2. The van der Waals surface area contributed by atoms with E-state index in [0.717, 1.165) is 38.5 Å². The molecule has 0 aromatic heterocycles. The molecule has 60 heavy (non-hydrogen) atoms. The van der Waals surface area contributed by atoms with Crippen molar-refractivity contribution in [1.29, 1.82) is 0 Å². The van der Waals surface area contributed by atoms with Crippen LogP contribution in [-0.4, -0.2) is 107 Å². The van der Waals surface area contributed by atoms with Crippen molar-refractivity contribution in [2.75, 3.05) is 13.2 Å². The monoisotopic (exact) mass is 880 g/mol. The average Bonchev–Trinajstić information content (AvgIpc) is 3.22. The third-order valence-corrected chi connectivity index (χ3v) is 12.1. The molecule has 13 nitrogen and oxygen atoms in total. The number of aliphatic hydroxyl groups is 5. The SMILES string of the molecule is CCCCCCCCCCCCC/C=C/[C@@H](O)[C@H](CO[C@@H]1O[C@H](CO)[C@H](O)C(OS(=O)(=O)O)C1O)NC(=O)C(O)CCCCCCCCCCCCCCCCCCCC. The van der Waals surface area contributed by atoms with Crippen LogP contribution in [0.15, 0.2) is 12.2 Å². The van der Waals surface area contributed by atoms with Crippen LogP contribution in [0.3, 0.4) is 0 Å². The van der Waals surface area contributed by atoms with Crippen molar-refractivity contribution in [3.63, 3.8) is 0 Å². The standard InChI is InChI=1S/C46H89NO12S/c1-3-5-7-9-11-13-15-17-18-19-20-21-23-25-27-29-31-33-35-40(50)45(53)47-38(39(49)34-32-30-28-26-24-22-16-14-12-10-8-6-4-2)37-57-46-43(52)44(59-60(54,55)56)42(51)41(36-48)58-46/h32,34,38-44,46,48-52H,3-31,33,35-37H2,1-2H3,(H,47,53)(H,54,55,56)/b34-32+/t38-,39+,40?,41+,42-,43?,44?,46+/m0/s1. The van der Waals surface area contributed by atoms with Crippen molar-refractivity contribution in [2.45, 2.75) is 262 Å². The smallest absolute Gasteiger partial charge is 0.394 e. The zero-order valence-electron chi connectivity index (χ0n) is 37.6. The number of rotatable bonds is 41. The molecule has 14 heteroatoms. The number of hydrogen-bond donors (Lipinski definition) is 7. The molecule has 1 aliphatic heterocycles. The van der Waals surface area contributed by atoms with Crippen molar-refractivity contribution in [1.82, 2.24) is 5.32 Å². The molecule has 3 unspecified atom stereocenters. The summed E-state index contributed by atoms with van der Waals surface area (Å²) in [6.45, 7) is 3.22. The van der Waals surface area contributed by atoms with Gasteiger partial charge in [-0.2, -0.15) is 8.42 Å². The quantitative estimate of drug-likeness (QED) is 0.0175. The molecular formula is C46H89NO12S. The number of hydrogen-bond acceptors (Lipinski definition) is 11. The molecule has 0 saturated carbocycles. The summed E-state index contributed by atoms with van der Waals surface area (Å²) in [4.78, 5) is 13.1. The van der Waals surface area contributed by atoms with Crippen LogP contribution in [0.4, 0.5) is 0 Å². The van der Waals surface area contributed by atoms with Gasteiger partial charge in [0.15, 0.2) is 6.29 Å². The first-order valence-electron chi connectivity index (χ1n) is 24.2. The first kappa shape index (κ1) is 56.8. The Balaban J connectivity index is 2.53. The number of carbonyl (C=O) groups is 1. The maximum absolute atomic E-state index is 13.1. The molecule has 1 heterocycles. The minimum Gasteiger partial charge on any atom is -0.394 e. The molecule has 1 saturated heterocycles. The molecule has 8 atom stereocenters. The summed E-state index contributed by atoms with van der Waals surface area (Å²) < 4.78 is 47.5. The topological polar surface area (TPSA) is 212 Å². The molecule has 0 bridgehead atoms. The molecule has 0 aromatic rings. The van der Waals surface area contributed by atoms with Crippen molar-refractivity contribution >= 4 is 16.3 Å². The molecule has 356 valence electrons. The number of ether oxygens (including phenoxy) is 2. The largest absolute Gasteiger partial charge is 0.397 e. The maximum Gasteiger partial charge on any atom is 0.397 e. The average molecular weight is 880 g/mol. The number of amides is 1. The number of aliphatic hydroxyl groups excluding tert-OH is 5. The zero-order valence-corrected chi connectivity index (χ0v) is 38.5. The Bertz CT molecular complexity index is 1140. The van der Waals surface area contributed by atoms with Gasteiger partial charge in [-0.15, -0.1) is 0 Å². The summed E-state index contributed by atoms with van der Waals surface area (Å²) in [5.41, 5.74) is 0. The van der Waals surface area contributed by atoms with Crippen molar-refractivity contribution in [3.8, 4) is 0 Å². The molecule has 1 fully saturated rings. The fourth-order valence-corrected chi connectivity index (χ4v) is 8.32. The van der Waals surface area contributed by atoms with Gasteiger partial charge in [0.25, 0.3) is 0 Å². The van der Waals surface area contributed by atoms with E-state index in [1.807, 2.05) is 6.08 Å². The molecule has 0 spiro atoms. The predicted molar refractivity (Wildman–Crippen MR) is 238 cm³/mol. The summed E-state index contributed by atoms with van der Waals surface area (Å²) in [5, 5.41) is 55.2. The summed E-state index contributed by atoms with van der Waals surface area (Å²) in [6, 6.07) is -1.11. The van der Waals surface area contributed by atoms with Gasteiger partial charge in [0.05, 0.1) is 25.4 Å². The fraction of sp³-hybridized carbons (Fsp3) is 0.935. The third kappa shape index (κ3) is 29.2. The molecule has 1 aliphatic rings. The normalized spacial score (nSPS) is 21.4.